The van der Waals surface area contributed by atoms with E-state index in [0.29, 0.717) is 12.1 Å². The molecule has 0 bridgehead atoms. The molecule has 166 valence electrons. The summed E-state index contributed by atoms with van der Waals surface area (Å²) in [6.45, 7) is 9.84. The van der Waals surface area contributed by atoms with Gasteiger partial charge in [-0.05, 0) is 69.7 Å². The first kappa shape index (κ1) is 22.0. The van der Waals surface area contributed by atoms with E-state index in [1.807, 2.05) is 29.1 Å². The molecular formula is C27H29FN2O2. The monoisotopic (exact) mass is 432 g/mol. The van der Waals surface area contributed by atoms with E-state index in [0.717, 1.165) is 24.0 Å². The number of carboxylic acids is 1. The Morgan fingerprint density at radius 1 is 1.09 bits per heavy atom. The van der Waals surface area contributed by atoms with Gasteiger partial charge in [-0.2, -0.15) is 5.10 Å². The number of aromatic nitrogens is 2. The number of hydrogen-bond acceptors (Lipinski definition) is 2. The molecule has 0 aliphatic heterocycles. The number of fused-ring (bicyclic) bond motifs is 1. The third-order valence-electron chi connectivity index (χ3n) is 6.68. The van der Waals surface area contributed by atoms with E-state index in [9.17, 15) is 9.18 Å². The molecule has 1 heterocycles. The Bertz CT molecular complexity index is 1190. The Morgan fingerprint density at radius 3 is 2.38 bits per heavy atom. The molecule has 5 heteroatoms. The number of rotatable bonds is 5. The van der Waals surface area contributed by atoms with Gasteiger partial charge in [0.05, 0.1) is 12.1 Å². The van der Waals surface area contributed by atoms with Crippen LogP contribution in [0.3, 0.4) is 0 Å². The van der Waals surface area contributed by atoms with Crippen LogP contribution in [-0.4, -0.2) is 20.9 Å². The molecule has 0 atom stereocenters. The lowest BCUT2D eigenvalue weighted by molar-refractivity contribution is 0.0692. The van der Waals surface area contributed by atoms with Gasteiger partial charge in [-0.1, -0.05) is 58.0 Å². The molecule has 3 aromatic rings. The minimum absolute atomic E-state index is 0.0763. The number of hydrogen-bond donors (Lipinski definition) is 1. The fourth-order valence-electron chi connectivity index (χ4n) is 4.53. The second kappa shape index (κ2) is 8.05. The zero-order chi connectivity index (χ0) is 23.1. The van der Waals surface area contributed by atoms with E-state index in [1.54, 1.807) is 12.3 Å². The SMILES string of the molecule is CC1(C)CCC(C)(C)c2cc(Cn3cccn3)c(C=Cc3ccc(C(=O)O)c(F)c3)cc21. The molecule has 4 nitrogen and oxygen atoms in total. The van der Waals surface area contributed by atoms with Crippen LogP contribution in [0.2, 0.25) is 0 Å². The van der Waals surface area contributed by atoms with Crippen LogP contribution in [0.25, 0.3) is 12.2 Å². The highest BCUT2D eigenvalue weighted by Gasteiger charge is 2.37. The van der Waals surface area contributed by atoms with Crippen LogP contribution in [0.5, 0.6) is 0 Å². The Morgan fingerprint density at radius 2 is 1.78 bits per heavy atom. The van der Waals surface area contributed by atoms with Gasteiger partial charge in [0, 0.05) is 12.4 Å². The Labute approximate surface area is 188 Å². The van der Waals surface area contributed by atoms with Gasteiger partial charge >= 0.3 is 5.97 Å². The highest BCUT2D eigenvalue weighted by molar-refractivity contribution is 5.88. The van der Waals surface area contributed by atoms with Crippen molar-refractivity contribution in [2.24, 2.45) is 0 Å². The summed E-state index contributed by atoms with van der Waals surface area (Å²) in [6.07, 6.45) is 9.81. The van der Waals surface area contributed by atoms with E-state index in [-0.39, 0.29) is 16.4 Å². The lowest BCUT2D eigenvalue weighted by atomic mass is 9.62. The average molecular weight is 433 g/mol. The molecule has 32 heavy (non-hydrogen) atoms. The van der Waals surface area contributed by atoms with Gasteiger partial charge in [0.25, 0.3) is 0 Å². The number of carboxylic acid groups (broad SMARTS) is 1. The predicted octanol–water partition coefficient (Wildman–Crippen LogP) is 6.29. The van der Waals surface area contributed by atoms with Crippen molar-refractivity contribution in [3.05, 3.63) is 88.0 Å². The zero-order valence-electron chi connectivity index (χ0n) is 19.0. The molecule has 1 aliphatic rings. The fraction of sp³-hybridized carbons (Fsp3) is 0.333. The van der Waals surface area contributed by atoms with Crippen LogP contribution in [0.15, 0.2) is 48.8 Å². The molecule has 4 rings (SSSR count). The van der Waals surface area contributed by atoms with Gasteiger partial charge < -0.3 is 5.11 Å². The van der Waals surface area contributed by atoms with Gasteiger partial charge in [-0.25, -0.2) is 9.18 Å². The summed E-state index contributed by atoms with van der Waals surface area (Å²) in [6, 6.07) is 10.7. The summed E-state index contributed by atoms with van der Waals surface area (Å²) in [5, 5.41) is 13.4. The molecule has 0 saturated heterocycles. The number of halogens is 1. The Hall–Kier alpha value is -3.21. The maximum absolute atomic E-state index is 14.1. The van der Waals surface area contributed by atoms with E-state index >= 15 is 0 Å². The van der Waals surface area contributed by atoms with Crippen LogP contribution in [0.4, 0.5) is 4.39 Å². The van der Waals surface area contributed by atoms with Crippen LogP contribution in [-0.2, 0) is 17.4 Å². The molecule has 0 radical (unpaired) electrons. The van der Waals surface area contributed by atoms with Crippen molar-refractivity contribution in [3.63, 3.8) is 0 Å². The first-order valence-corrected chi connectivity index (χ1v) is 10.9. The Balaban J connectivity index is 1.80. The third kappa shape index (κ3) is 4.24. The van der Waals surface area contributed by atoms with E-state index in [2.05, 4.69) is 44.9 Å². The molecular weight excluding hydrogens is 403 g/mol. The lowest BCUT2D eigenvalue weighted by Gasteiger charge is -2.42. The Kier molecular flexibility index (Phi) is 5.53. The van der Waals surface area contributed by atoms with Gasteiger partial charge in [0.2, 0.25) is 0 Å². The minimum Gasteiger partial charge on any atom is -0.478 e. The molecule has 0 fully saturated rings. The number of benzene rings is 2. The zero-order valence-corrected chi connectivity index (χ0v) is 19.0. The van der Waals surface area contributed by atoms with Crippen LogP contribution in [0.1, 0.15) is 78.7 Å². The van der Waals surface area contributed by atoms with Crippen molar-refractivity contribution < 1.29 is 14.3 Å². The van der Waals surface area contributed by atoms with Gasteiger partial charge in [-0.3, -0.25) is 4.68 Å². The van der Waals surface area contributed by atoms with Crippen LogP contribution < -0.4 is 0 Å². The second-order valence-corrected chi connectivity index (χ2v) is 9.95. The van der Waals surface area contributed by atoms with Crippen molar-refractivity contribution in [2.45, 2.75) is 57.9 Å². The summed E-state index contributed by atoms with van der Waals surface area (Å²) >= 11 is 0. The molecule has 0 amide bonds. The number of nitrogens with zero attached hydrogens (tertiary/aromatic N) is 2. The lowest BCUT2D eigenvalue weighted by Crippen LogP contribution is -2.34. The molecule has 0 unspecified atom stereocenters. The van der Waals surface area contributed by atoms with Gasteiger partial charge in [0.15, 0.2) is 0 Å². The molecule has 1 N–H and O–H groups in total. The second-order valence-electron chi connectivity index (χ2n) is 9.95. The summed E-state index contributed by atoms with van der Waals surface area (Å²) in [7, 11) is 0. The quantitative estimate of drug-likeness (QED) is 0.482. The van der Waals surface area contributed by atoms with Gasteiger partial charge in [-0.15, -0.1) is 0 Å². The highest BCUT2D eigenvalue weighted by atomic mass is 19.1. The molecule has 2 aromatic carbocycles. The fourth-order valence-corrected chi connectivity index (χ4v) is 4.53. The molecule has 1 aliphatic carbocycles. The smallest absolute Gasteiger partial charge is 0.338 e. The summed E-state index contributed by atoms with van der Waals surface area (Å²) in [5.41, 5.74) is 5.42. The van der Waals surface area contributed by atoms with Crippen molar-refractivity contribution in [3.8, 4) is 0 Å². The predicted molar refractivity (Wildman–Crippen MR) is 125 cm³/mol. The topological polar surface area (TPSA) is 55.1 Å². The van der Waals surface area contributed by atoms with E-state index < -0.39 is 11.8 Å². The van der Waals surface area contributed by atoms with Crippen molar-refractivity contribution in [1.82, 2.24) is 9.78 Å². The maximum atomic E-state index is 14.1. The van der Waals surface area contributed by atoms with E-state index in [1.165, 1.54) is 23.3 Å². The number of aromatic carboxylic acids is 1. The third-order valence-corrected chi connectivity index (χ3v) is 6.68. The van der Waals surface area contributed by atoms with Crippen molar-refractivity contribution in [2.75, 3.05) is 0 Å². The van der Waals surface area contributed by atoms with Gasteiger partial charge in [0.1, 0.15) is 5.82 Å². The highest BCUT2D eigenvalue weighted by Crippen LogP contribution is 2.46. The first-order chi connectivity index (χ1) is 15.1. The number of carbonyl (C=O) groups is 1. The molecule has 0 saturated carbocycles. The largest absolute Gasteiger partial charge is 0.478 e. The average Bonchev–Trinajstić information content (AvgIpc) is 3.23. The van der Waals surface area contributed by atoms with Crippen molar-refractivity contribution in [1.29, 1.82) is 0 Å². The van der Waals surface area contributed by atoms with Crippen molar-refractivity contribution >= 4 is 18.1 Å². The summed E-state index contributed by atoms with van der Waals surface area (Å²) in [4.78, 5) is 11.1. The van der Waals surface area contributed by atoms with E-state index in [4.69, 9.17) is 5.11 Å². The molecule has 1 aromatic heterocycles. The minimum atomic E-state index is -1.26. The van der Waals surface area contributed by atoms with Crippen LogP contribution in [0, 0.1) is 5.82 Å². The maximum Gasteiger partial charge on any atom is 0.338 e. The summed E-state index contributed by atoms with van der Waals surface area (Å²) < 4.78 is 16.0. The normalized spacial score (nSPS) is 16.8. The summed E-state index contributed by atoms with van der Waals surface area (Å²) in [5.74, 6) is -2.00. The van der Waals surface area contributed by atoms with Crippen LogP contribution >= 0.6 is 0 Å². The first-order valence-electron chi connectivity index (χ1n) is 10.9. The molecule has 0 spiro atoms. The standard InChI is InChI=1S/C27H29FN2O2/c1-26(2)10-11-27(3,4)23-16-20(17-30-13-5-12-29-30)19(15-22(23)26)8-6-18-7-9-21(25(31)32)24(28)14-18/h5-9,12-16H,10-11,17H2,1-4H3,(H,31,32).